The minimum Gasteiger partial charge on any atom is -0.494 e. The molecule has 0 aromatic heterocycles. The molecular weight excluding hydrogens is 418 g/mol. The summed E-state index contributed by atoms with van der Waals surface area (Å²) in [6.07, 6.45) is 5.38. The maximum atomic E-state index is 12.5. The van der Waals surface area contributed by atoms with E-state index in [-0.39, 0.29) is 35.4 Å². The molecular formula is C22H31N3O5S. The molecule has 0 aliphatic carbocycles. The standard InChI is InChI=1S/C22H31N3O5S/c26-21(24-19-14-31(28,29)15-20(19)25-10-2-1-3-11-25)5-4-12-30-17-7-8-18-16(13-17)6-9-22(27)23-18/h7-8,13,19-20H,1-6,9-12,14-15H2,(H,23,27)(H,24,26). The lowest BCUT2D eigenvalue weighted by Crippen LogP contribution is -2.52. The Kier molecular flexibility index (Phi) is 6.81. The zero-order valence-corrected chi connectivity index (χ0v) is 18.6. The summed E-state index contributed by atoms with van der Waals surface area (Å²) in [7, 11) is -3.12. The number of hydrogen-bond donors (Lipinski definition) is 2. The molecule has 1 aromatic rings. The highest BCUT2D eigenvalue weighted by atomic mass is 32.2. The number of hydrogen-bond acceptors (Lipinski definition) is 6. The van der Waals surface area contributed by atoms with E-state index in [0.717, 1.165) is 42.9 Å². The van der Waals surface area contributed by atoms with Crippen molar-refractivity contribution in [1.29, 1.82) is 0 Å². The first-order valence-electron chi connectivity index (χ1n) is 11.2. The van der Waals surface area contributed by atoms with Crippen molar-refractivity contribution in [1.82, 2.24) is 10.2 Å². The molecule has 8 nitrogen and oxygen atoms in total. The molecule has 2 N–H and O–H groups in total. The Bertz CT molecular complexity index is 927. The molecule has 4 rings (SSSR count). The highest BCUT2D eigenvalue weighted by Crippen LogP contribution is 2.27. The zero-order chi connectivity index (χ0) is 21.8. The summed E-state index contributed by atoms with van der Waals surface area (Å²) >= 11 is 0. The summed E-state index contributed by atoms with van der Waals surface area (Å²) in [6, 6.07) is 5.16. The van der Waals surface area contributed by atoms with Crippen LogP contribution in [0.15, 0.2) is 18.2 Å². The van der Waals surface area contributed by atoms with Crippen molar-refractivity contribution in [3.05, 3.63) is 23.8 Å². The van der Waals surface area contributed by atoms with Crippen LogP contribution in [0.5, 0.6) is 5.75 Å². The molecule has 0 bridgehead atoms. The van der Waals surface area contributed by atoms with Gasteiger partial charge >= 0.3 is 0 Å². The lowest BCUT2D eigenvalue weighted by Gasteiger charge is -2.35. The molecule has 2 fully saturated rings. The fraction of sp³-hybridized carbons (Fsp3) is 0.636. The summed E-state index contributed by atoms with van der Waals surface area (Å²) in [4.78, 5) is 26.1. The third-order valence-electron chi connectivity index (χ3n) is 6.32. The minimum atomic E-state index is -3.12. The van der Waals surface area contributed by atoms with E-state index in [4.69, 9.17) is 4.74 Å². The van der Waals surface area contributed by atoms with Crippen LogP contribution >= 0.6 is 0 Å². The maximum Gasteiger partial charge on any atom is 0.224 e. The van der Waals surface area contributed by atoms with Gasteiger partial charge in [0.05, 0.1) is 24.2 Å². The van der Waals surface area contributed by atoms with Gasteiger partial charge < -0.3 is 15.4 Å². The predicted octanol–water partition coefficient (Wildman–Crippen LogP) is 1.50. The third kappa shape index (κ3) is 5.77. The fourth-order valence-corrected chi connectivity index (χ4v) is 6.68. The molecule has 2 amide bonds. The molecule has 9 heteroatoms. The number of aryl methyl sites for hydroxylation is 1. The van der Waals surface area contributed by atoms with Crippen molar-refractivity contribution in [2.75, 3.05) is 36.5 Å². The van der Waals surface area contributed by atoms with Crippen LogP contribution in [0.25, 0.3) is 0 Å². The number of ether oxygens (including phenoxy) is 1. The van der Waals surface area contributed by atoms with Crippen molar-refractivity contribution < 1.29 is 22.7 Å². The van der Waals surface area contributed by atoms with Crippen molar-refractivity contribution in [2.45, 2.75) is 57.0 Å². The van der Waals surface area contributed by atoms with E-state index >= 15 is 0 Å². The lowest BCUT2D eigenvalue weighted by atomic mass is 10.0. The van der Waals surface area contributed by atoms with Gasteiger partial charge in [0.15, 0.2) is 9.84 Å². The monoisotopic (exact) mass is 449 g/mol. The van der Waals surface area contributed by atoms with E-state index < -0.39 is 9.84 Å². The van der Waals surface area contributed by atoms with Crippen LogP contribution in [0.3, 0.4) is 0 Å². The van der Waals surface area contributed by atoms with Crippen molar-refractivity contribution in [3.8, 4) is 5.75 Å². The van der Waals surface area contributed by atoms with Crippen LogP contribution in [0.1, 0.15) is 44.1 Å². The SMILES string of the molecule is O=C1CCc2cc(OCCCC(=O)NC3CS(=O)(=O)CC3N3CCCCC3)ccc2N1. The van der Waals surface area contributed by atoms with Crippen molar-refractivity contribution in [3.63, 3.8) is 0 Å². The molecule has 3 heterocycles. The van der Waals surface area contributed by atoms with E-state index in [1.807, 2.05) is 18.2 Å². The average molecular weight is 450 g/mol. The van der Waals surface area contributed by atoms with E-state index in [0.29, 0.717) is 32.3 Å². The van der Waals surface area contributed by atoms with Crippen LogP contribution in [0.2, 0.25) is 0 Å². The molecule has 2 unspecified atom stereocenters. The van der Waals surface area contributed by atoms with Gasteiger partial charge in [-0.3, -0.25) is 14.5 Å². The second-order valence-corrected chi connectivity index (χ2v) is 10.9. The van der Waals surface area contributed by atoms with Gasteiger partial charge in [0, 0.05) is 24.6 Å². The summed E-state index contributed by atoms with van der Waals surface area (Å²) in [5.41, 5.74) is 1.89. The van der Waals surface area contributed by atoms with Crippen LogP contribution in [-0.2, 0) is 25.8 Å². The van der Waals surface area contributed by atoms with Crippen LogP contribution in [0.4, 0.5) is 5.69 Å². The number of amides is 2. The van der Waals surface area contributed by atoms with Gasteiger partial charge in [0.1, 0.15) is 5.75 Å². The third-order valence-corrected chi connectivity index (χ3v) is 8.03. The van der Waals surface area contributed by atoms with Crippen LogP contribution in [-0.4, -0.2) is 68.4 Å². The Hall–Kier alpha value is -2.13. The summed E-state index contributed by atoms with van der Waals surface area (Å²) in [6.45, 7) is 2.22. The first-order valence-corrected chi connectivity index (χ1v) is 13.0. The van der Waals surface area contributed by atoms with Gasteiger partial charge in [-0.25, -0.2) is 8.42 Å². The van der Waals surface area contributed by atoms with Crippen LogP contribution in [0, 0.1) is 0 Å². The molecule has 170 valence electrons. The zero-order valence-electron chi connectivity index (χ0n) is 17.8. The van der Waals surface area contributed by atoms with Crippen molar-refractivity contribution in [2.24, 2.45) is 0 Å². The number of piperidine rings is 1. The second-order valence-electron chi connectivity index (χ2n) is 8.73. The van der Waals surface area contributed by atoms with E-state index in [2.05, 4.69) is 15.5 Å². The Morgan fingerprint density at radius 2 is 1.97 bits per heavy atom. The number of nitrogens with zero attached hydrogens (tertiary/aromatic N) is 1. The average Bonchev–Trinajstić information content (AvgIpc) is 3.05. The fourth-order valence-electron chi connectivity index (χ4n) is 4.73. The van der Waals surface area contributed by atoms with E-state index in [1.165, 1.54) is 6.42 Å². The van der Waals surface area contributed by atoms with E-state index in [1.54, 1.807) is 0 Å². The first kappa shape index (κ1) is 22.1. The number of sulfone groups is 1. The number of fused-ring (bicyclic) bond motifs is 1. The quantitative estimate of drug-likeness (QED) is 0.612. The predicted molar refractivity (Wildman–Crippen MR) is 118 cm³/mol. The number of anilines is 1. The van der Waals surface area contributed by atoms with Gasteiger partial charge in [-0.05, 0) is 62.5 Å². The Morgan fingerprint density at radius 3 is 2.77 bits per heavy atom. The number of nitrogens with one attached hydrogen (secondary N) is 2. The smallest absolute Gasteiger partial charge is 0.224 e. The Morgan fingerprint density at radius 1 is 1.16 bits per heavy atom. The number of carbonyl (C=O) groups excluding carboxylic acids is 2. The molecule has 1 aromatic carbocycles. The van der Waals surface area contributed by atoms with E-state index in [9.17, 15) is 18.0 Å². The normalized spacial score (nSPS) is 25.5. The summed E-state index contributed by atoms with van der Waals surface area (Å²) in [5.74, 6) is 0.801. The van der Waals surface area contributed by atoms with Gasteiger partial charge in [-0.2, -0.15) is 0 Å². The van der Waals surface area contributed by atoms with Crippen LogP contribution < -0.4 is 15.4 Å². The summed E-state index contributed by atoms with van der Waals surface area (Å²) < 4.78 is 30.2. The molecule has 0 radical (unpaired) electrons. The molecule has 0 saturated carbocycles. The lowest BCUT2D eigenvalue weighted by molar-refractivity contribution is -0.122. The van der Waals surface area contributed by atoms with Gasteiger partial charge in [-0.15, -0.1) is 0 Å². The highest BCUT2D eigenvalue weighted by Gasteiger charge is 2.41. The Balaban J connectivity index is 1.23. The summed E-state index contributed by atoms with van der Waals surface area (Å²) in [5, 5.41) is 5.81. The molecule has 3 aliphatic rings. The molecule has 2 saturated heterocycles. The molecule has 3 aliphatic heterocycles. The highest BCUT2D eigenvalue weighted by molar-refractivity contribution is 7.91. The number of rotatable bonds is 7. The topological polar surface area (TPSA) is 105 Å². The molecule has 31 heavy (non-hydrogen) atoms. The minimum absolute atomic E-state index is 0.0298. The van der Waals surface area contributed by atoms with Gasteiger partial charge in [0.2, 0.25) is 11.8 Å². The van der Waals surface area contributed by atoms with Gasteiger partial charge in [0.25, 0.3) is 0 Å². The largest absolute Gasteiger partial charge is 0.494 e. The first-order chi connectivity index (χ1) is 14.9. The number of carbonyl (C=O) groups is 2. The number of likely N-dealkylation sites (tertiary alicyclic amines) is 1. The molecule has 0 spiro atoms. The maximum absolute atomic E-state index is 12.5. The second kappa shape index (κ2) is 9.56. The Labute approximate surface area is 183 Å². The molecule has 2 atom stereocenters. The van der Waals surface area contributed by atoms with Crippen molar-refractivity contribution >= 4 is 27.3 Å². The number of benzene rings is 1. The van der Waals surface area contributed by atoms with Gasteiger partial charge in [-0.1, -0.05) is 6.42 Å².